The lowest BCUT2D eigenvalue weighted by Gasteiger charge is -2.34. The predicted molar refractivity (Wildman–Crippen MR) is 166 cm³/mol. The number of ether oxygens (including phenoxy) is 3. The standard InChI is InChI=1S/C32H41N3O7S/c1-8-27(31(37)33-32(2,3)4)34(21-23-13-12-16-25(19-23)40-5)30(36)22-35(24-14-10-9-11-15-24)43(38,39)26-17-18-28(41-6)29(20-26)42-7/h9-20,27H,8,21-22H2,1-7H3,(H,33,37)/t27-/m1/s1. The molecule has 3 aromatic rings. The molecular formula is C32H41N3O7S. The number of carbonyl (C=O) groups is 2. The number of anilines is 1. The summed E-state index contributed by atoms with van der Waals surface area (Å²) in [6.45, 7) is 6.90. The molecular weight excluding hydrogens is 570 g/mol. The fourth-order valence-corrected chi connectivity index (χ4v) is 6.00. The number of hydrogen-bond donors (Lipinski definition) is 1. The molecule has 0 aliphatic heterocycles. The largest absolute Gasteiger partial charge is 0.497 e. The summed E-state index contributed by atoms with van der Waals surface area (Å²) in [5.41, 5.74) is 0.477. The number of rotatable bonds is 13. The summed E-state index contributed by atoms with van der Waals surface area (Å²) < 4.78 is 45.3. The van der Waals surface area contributed by atoms with Gasteiger partial charge >= 0.3 is 0 Å². The molecule has 0 aliphatic carbocycles. The molecule has 0 spiro atoms. The van der Waals surface area contributed by atoms with Gasteiger partial charge in [0.25, 0.3) is 10.0 Å². The van der Waals surface area contributed by atoms with E-state index in [4.69, 9.17) is 14.2 Å². The molecule has 0 saturated carbocycles. The zero-order chi connectivity index (χ0) is 31.8. The molecule has 0 bridgehead atoms. The molecule has 0 unspecified atom stereocenters. The number of para-hydroxylation sites is 1. The van der Waals surface area contributed by atoms with Gasteiger partial charge in [0.05, 0.1) is 31.9 Å². The van der Waals surface area contributed by atoms with E-state index >= 15 is 0 Å². The predicted octanol–water partition coefficient (Wildman–Crippen LogP) is 4.63. The highest BCUT2D eigenvalue weighted by Crippen LogP contribution is 2.32. The molecule has 0 fully saturated rings. The molecule has 2 amide bonds. The van der Waals surface area contributed by atoms with Crippen LogP contribution in [0.3, 0.4) is 0 Å². The van der Waals surface area contributed by atoms with Crippen LogP contribution in [0.15, 0.2) is 77.7 Å². The van der Waals surface area contributed by atoms with Gasteiger partial charge in [0.2, 0.25) is 11.8 Å². The van der Waals surface area contributed by atoms with Crippen LogP contribution in [0, 0.1) is 0 Å². The van der Waals surface area contributed by atoms with Crippen molar-refractivity contribution in [2.75, 3.05) is 32.2 Å². The first-order chi connectivity index (χ1) is 20.3. The van der Waals surface area contributed by atoms with Crippen molar-refractivity contribution < 1.29 is 32.2 Å². The van der Waals surface area contributed by atoms with Gasteiger partial charge in [-0.3, -0.25) is 13.9 Å². The van der Waals surface area contributed by atoms with E-state index in [-0.39, 0.29) is 23.1 Å². The van der Waals surface area contributed by atoms with Crippen LogP contribution < -0.4 is 23.8 Å². The second-order valence-corrected chi connectivity index (χ2v) is 12.8. The SMILES string of the molecule is CC[C@H](C(=O)NC(C)(C)C)N(Cc1cccc(OC)c1)C(=O)CN(c1ccccc1)S(=O)(=O)c1ccc(OC)c(OC)c1. The van der Waals surface area contributed by atoms with Gasteiger partial charge in [-0.25, -0.2) is 8.42 Å². The minimum absolute atomic E-state index is 0.0607. The van der Waals surface area contributed by atoms with Gasteiger partial charge in [-0.2, -0.15) is 0 Å². The van der Waals surface area contributed by atoms with E-state index in [1.54, 1.807) is 55.6 Å². The monoisotopic (exact) mass is 611 g/mol. The number of sulfonamides is 1. The molecule has 1 N–H and O–H groups in total. The van der Waals surface area contributed by atoms with Crippen LogP contribution in [0.5, 0.6) is 17.2 Å². The van der Waals surface area contributed by atoms with Crippen LogP contribution in [0.25, 0.3) is 0 Å². The quantitative estimate of drug-likeness (QED) is 0.300. The highest BCUT2D eigenvalue weighted by molar-refractivity contribution is 7.92. The van der Waals surface area contributed by atoms with E-state index in [9.17, 15) is 18.0 Å². The number of hydrogen-bond acceptors (Lipinski definition) is 7. The van der Waals surface area contributed by atoms with Crippen molar-refractivity contribution in [1.82, 2.24) is 10.2 Å². The van der Waals surface area contributed by atoms with E-state index < -0.39 is 34.1 Å². The second kappa shape index (κ2) is 14.3. The molecule has 0 radical (unpaired) electrons. The molecule has 0 aromatic heterocycles. The molecule has 11 heteroatoms. The van der Waals surface area contributed by atoms with Crippen LogP contribution in [0.4, 0.5) is 5.69 Å². The molecule has 232 valence electrons. The summed E-state index contributed by atoms with van der Waals surface area (Å²) in [6.07, 6.45) is 0.311. The Bertz CT molecular complexity index is 1500. The average Bonchev–Trinajstić information content (AvgIpc) is 2.98. The van der Waals surface area contributed by atoms with Gasteiger partial charge in [-0.1, -0.05) is 37.3 Å². The number of nitrogens with one attached hydrogen (secondary N) is 1. The molecule has 1 atom stereocenters. The topological polar surface area (TPSA) is 114 Å². The maximum atomic E-state index is 14.2. The number of methoxy groups -OCH3 is 3. The van der Waals surface area contributed by atoms with Crippen molar-refractivity contribution >= 4 is 27.5 Å². The number of amides is 2. The maximum absolute atomic E-state index is 14.2. The first-order valence-electron chi connectivity index (χ1n) is 13.9. The second-order valence-electron chi connectivity index (χ2n) is 10.9. The summed E-state index contributed by atoms with van der Waals surface area (Å²) in [4.78, 5) is 29.0. The van der Waals surface area contributed by atoms with Crippen molar-refractivity contribution in [2.45, 2.75) is 57.1 Å². The van der Waals surface area contributed by atoms with E-state index in [0.717, 1.165) is 9.87 Å². The third-order valence-corrected chi connectivity index (χ3v) is 8.41. The summed E-state index contributed by atoms with van der Waals surface area (Å²) in [5, 5.41) is 2.96. The van der Waals surface area contributed by atoms with Crippen molar-refractivity contribution in [2.24, 2.45) is 0 Å². The highest BCUT2D eigenvalue weighted by Gasteiger charge is 2.35. The number of nitrogens with zero attached hydrogens (tertiary/aromatic N) is 2. The van der Waals surface area contributed by atoms with Crippen molar-refractivity contribution in [3.8, 4) is 17.2 Å². The van der Waals surface area contributed by atoms with Gasteiger partial charge in [0, 0.05) is 18.2 Å². The molecule has 43 heavy (non-hydrogen) atoms. The Kier molecular flexibility index (Phi) is 11.0. The Hall–Kier alpha value is -4.25. The zero-order valence-corrected chi connectivity index (χ0v) is 26.6. The van der Waals surface area contributed by atoms with E-state index in [1.165, 1.54) is 37.3 Å². The third-order valence-electron chi connectivity index (χ3n) is 6.64. The first-order valence-corrected chi connectivity index (χ1v) is 15.3. The van der Waals surface area contributed by atoms with Crippen LogP contribution in [-0.4, -0.2) is 64.6 Å². The molecule has 3 aromatic carbocycles. The Morgan fingerprint density at radius 2 is 1.53 bits per heavy atom. The normalized spacial score (nSPS) is 12.2. The lowest BCUT2D eigenvalue weighted by molar-refractivity contribution is -0.141. The fraction of sp³-hybridized carbons (Fsp3) is 0.375. The first kappa shape index (κ1) is 33.3. The molecule has 0 aliphatic rings. The van der Waals surface area contributed by atoms with Crippen LogP contribution in [-0.2, 0) is 26.2 Å². The number of benzene rings is 3. The lowest BCUT2D eigenvalue weighted by Crippen LogP contribution is -2.55. The summed E-state index contributed by atoms with van der Waals surface area (Å²) in [7, 11) is 0.140. The zero-order valence-electron chi connectivity index (χ0n) is 25.8. The van der Waals surface area contributed by atoms with Gasteiger partial charge in [0.1, 0.15) is 18.3 Å². The smallest absolute Gasteiger partial charge is 0.264 e. The van der Waals surface area contributed by atoms with Gasteiger partial charge in [-0.15, -0.1) is 0 Å². The van der Waals surface area contributed by atoms with Crippen LogP contribution in [0.2, 0.25) is 0 Å². The summed E-state index contributed by atoms with van der Waals surface area (Å²) in [5.74, 6) is 0.308. The van der Waals surface area contributed by atoms with E-state index in [0.29, 0.717) is 23.6 Å². The minimum atomic E-state index is -4.28. The minimum Gasteiger partial charge on any atom is -0.497 e. The number of carbonyl (C=O) groups excluding carboxylic acids is 2. The third kappa shape index (κ3) is 8.41. The average molecular weight is 612 g/mol. The summed E-state index contributed by atoms with van der Waals surface area (Å²) >= 11 is 0. The van der Waals surface area contributed by atoms with Crippen molar-refractivity contribution in [3.63, 3.8) is 0 Å². The Labute approximate surface area is 254 Å². The maximum Gasteiger partial charge on any atom is 0.264 e. The van der Waals surface area contributed by atoms with Crippen LogP contribution in [0.1, 0.15) is 39.7 Å². The summed E-state index contributed by atoms with van der Waals surface area (Å²) in [6, 6.07) is 18.9. The van der Waals surface area contributed by atoms with Gasteiger partial charge in [-0.05, 0) is 69.2 Å². The lowest BCUT2D eigenvalue weighted by atomic mass is 10.1. The van der Waals surface area contributed by atoms with Crippen molar-refractivity contribution in [1.29, 1.82) is 0 Å². The van der Waals surface area contributed by atoms with Crippen molar-refractivity contribution in [3.05, 3.63) is 78.4 Å². The highest BCUT2D eigenvalue weighted by atomic mass is 32.2. The molecule has 0 heterocycles. The van der Waals surface area contributed by atoms with Gasteiger partial charge in [0.15, 0.2) is 11.5 Å². The van der Waals surface area contributed by atoms with Gasteiger partial charge < -0.3 is 24.4 Å². The molecule has 3 rings (SSSR count). The Morgan fingerprint density at radius 3 is 2.12 bits per heavy atom. The Balaban J connectivity index is 2.09. The molecule has 0 saturated heterocycles. The van der Waals surface area contributed by atoms with E-state index in [2.05, 4.69) is 5.32 Å². The van der Waals surface area contributed by atoms with Crippen LogP contribution >= 0.6 is 0 Å². The van der Waals surface area contributed by atoms with E-state index in [1.807, 2.05) is 33.8 Å². The fourth-order valence-electron chi connectivity index (χ4n) is 4.57. The molecule has 10 nitrogen and oxygen atoms in total. The Morgan fingerprint density at radius 1 is 0.860 bits per heavy atom.